The Morgan fingerprint density at radius 2 is 2.14 bits per heavy atom. The van der Waals surface area contributed by atoms with E-state index in [1.807, 2.05) is 12.1 Å². The second-order valence-electron chi connectivity index (χ2n) is 6.83. The van der Waals surface area contributed by atoms with Crippen LogP contribution in [0, 0.1) is 0 Å². The number of nitrogens with one attached hydrogen (secondary N) is 1. The molecule has 2 amide bonds. The lowest BCUT2D eigenvalue weighted by Gasteiger charge is -2.35. The Morgan fingerprint density at radius 1 is 1.36 bits per heavy atom. The summed E-state index contributed by atoms with van der Waals surface area (Å²) in [5.74, 6) is -0.0294. The van der Waals surface area contributed by atoms with Gasteiger partial charge in [-0.25, -0.2) is 0 Å². The van der Waals surface area contributed by atoms with Gasteiger partial charge in [-0.15, -0.1) is 0 Å². The molecule has 0 radical (unpaired) electrons. The van der Waals surface area contributed by atoms with Gasteiger partial charge in [-0.2, -0.15) is 0 Å². The fraction of sp³-hybridized carbons (Fsp3) is 0.529. The third kappa shape index (κ3) is 2.35. The summed E-state index contributed by atoms with van der Waals surface area (Å²) in [6, 6.07) is 6.19. The highest BCUT2D eigenvalue weighted by atomic mass is 79.9. The third-order valence-electron chi connectivity index (χ3n) is 5.22. The summed E-state index contributed by atoms with van der Waals surface area (Å²) >= 11 is 3.50. The van der Waals surface area contributed by atoms with Crippen molar-refractivity contribution in [3.8, 4) is 0 Å². The van der Waals surface area contributed by atoms with E-state index in [4.69, 9.17) is 0 Å². The van der Waals surface area contributed by atoms with Crippen LogP contribution < -0.4 is 5.32 Å². The standard InChI is InChI=1S/C17H19BrN2O2/c18-11-4-5-13-14(8-11)17(6-7-17)10-20(16(13)22)9-15(21)19-12-2-1-3-12/h4-5,8,12H,1-3,6-7,9-10H2,(H,19,21). The van der Waals surface area contributed by atoms with Crippen LogP contribution in [0.1, 0.15) is 48.0 Å². The van der Waals surface area contributed by atoms with Crippen molar-refractivity contribution in [2.24, 2.45) is 0 Å². The Morgan fingerprint density at radius 3 is 2.77 bits per heavy atom. The summed E-state index contributed by atoms with van der Waals surface area (Å²) in [6.07, 6.45) is 5.54. The fourth-order valence-electron chi connectivity index (χ4n) is 3.54. The molecule has 0 unspecified atom stereocenters. The summed E-state index contributed by atoms with van der Waals surface area (Å²) in [5, 5.41) is 3.02. The van der Waals surface area contributed by atoms with Gasteiger partial charge in [-0.1, -0.05) is 15.9 Å². The molecule has 4 rings (SSSR count). The first-order chi connectivity index (χ1) is 10.6. The first-order valence-corrected chi connectivity index (χ1v) is 8.75. The maximum Gasteiger partial charge on any atom is 0.254 e. The van der Waals surface area contributed by atoms with Crippen molar-refractivity contribution in [1.29, 1.82) is 0 Å². The minimum Gasteiger partial charge on any atom is -0.352 e. The van der Waals surface area contributed by atoms with Gasteiger partial charge in [-0.3, -0.25) is 9.59 Å². The maximum atomic E-state index is 12.7. The van der Waals surface area contributed by atoms with Gasteiger partial charge in [0.15, 0.2) is 0 Å². The van der Waals surface area contributed by atoms with Gasteiger partial charge < -0.3 is 10.2 Å². The molecule has 0 bridgehead atoms. The van der Waals surface area contributed by atoms with Crippen LogP contribution in [0.25, 0.3) is 0 Å². The van der Waals surface area contributed by atoms with E-state index in [9.17, 15) is 9.59 Å². The number of hydrogen-bond acceptors (Lipinski definition) is 2. The van der Waals surface area contributed by atoms with Crippen LogP contribution in [0.4, 0.5) is 0 Å². The van der Waals surface area contributed by atoms with Gasteiger partial charge in [-0.05, 0) is 55.9 Å². The zero-order chi connectivity index (χ0) is 15.3. The molecule has 2 fully saturated rings. The van der Waals surface area contributed by atoms with Crippen molar-refractivity contribution in [3.05, 3.63) is 33.8 Å². The molecule has 1 N–H and O–H groups in total. The van der Waals surface area contributed by atoms with Crippen molar-refractivity contribution in [3.63, 3.8) is 0 Å². The number of fused-ring (bicyclic) bond motifs is 2. The molecule has 0 aromatic heterocycles. The smallest absolute Gasteiger partial charge is 0.254 e. The summed E-state index contributed by atoms with van der Waals surface area (Å²) in [6.45, 7) is 0.861. The number of nitrogens with zero attached hydrogens (tertiary/aromatic N) is 1. The number of carbonyl (C=O) groups is 2. The summed E-state index contributed by atoms with van der Waals surface area (Å²) in [7, 11) is 0. The third-order valence-corrected chi connectivity index (χ3v) is 5.72. The molecular weight excluding hydrogens is 344 g/mol. The SMILES string of the molecule is O=C(CN1CC2(CC2)c2cc(Br)ccc2C1=O)NC1CCC1. The zero-order valence-corrected chi connectivity index (χ0v) is 14.0. The topological polar surface area (TPSA) is 49.4 Å². The molecule has 0 atom stereocenters. The van der Waals surface area contributed by atoms with Crippen LogP contribution in [0.2, 0.25) is 0 Å². The Balaban J connectivity index is 1.54. The van der Waals surface area contributed by atoms with E-state index in [0.717, 1.165) is 41.3 Å². The normalized spacial score (nSPS) is 22.2. The van der Waals surface area contributed by atoms with Gasteiger partial charge in [0, 0.05) is 28.0 Å². The molecule has 116 valence electrons. The second kappa shape index (κ2) is 5.08. The number of carbonyl (C=O) groups excluding carboxylic acids is 2. The lowest BCUT2D eigenvalue weighted by Crippen LogP contribution is -2.50. The largest absolute Gasteiger partial charge is 0.352 e. The average molecular weight is 363 g/mol. The Labute approximate surface area is 138 Å². The minimum absolute atomic E-state index is 0.0104. The van der Waals surface area contributed by atoms with Gasteiger partial charge in [0.25, 0.3) is 5.91 Å². The molecule has 5 heteroatoms. The van der Waals surface area contributed by atoms with E-state index in [-0.39, 0.29) is 23.8 Å². The molecule has 22 heavy (non-hydrogen) atoms. The molecule has 1 heterocycles. The lowest BCUT2D eigenvalue weighted by atomic mass is 9.86. The van der Waals surface area contributed by atoms with E-state index >= 15 is 0 Å². The molecule has 4 nitrogen and oxygen atoms in total. The molecule has 1 aromatic carbocycles. The van der Waals surface area contributed by atoms with Gasteiger partial charge in [0.2, 0.25) is 5.91 Å². The van der Waals surface area contributed by atoms with Crippen LogP contribution in [0.3, 0.4) is 0 Å². The molecule has 2 aliphatic carbocycles. The van der Waals surface area contributed by atoms with E-state index in [2.05, 4.69) is 27.3 Å². The Bertz CT molecular complexity index is 650. The molecular formula is C17H19BrN2O2. The van der Waals surface area contributed by atoms with Crippen LogP contribution >= 0.6 is 15.9 Å². The van der Waals surface area contributed by atoms with E-state index < -0.39 is 0 Å². The number of rotatable bonds is 3. The predicted octanol–water partition coefficient (Wildman–Crippen LogP) is 2.61. The highest BCUT2D eigenvalue weighted by Crippen LogP contribution is 2.52. The van der Waals surface area contributed by atoms with E-state index in [0.29, 0.717) is 12.6 Å². The van der Waals surface area contributed by atoms with Crippen LogP contribution in [0.15, 0.2) is 22.7 Å². The number of hydrogen-bond donors (Lipinski definition) is 1. The van der Waals surface area contributed by atoms with Crippen molar-refractivity contribution >= 4 is 27.7 Å². The van der Waals surface area contributed by atoms with E-state index in [1.165, 1.54) is 6.42 Å². The first-order valence-electron chi connectivity index (χ1n) is 7.96. The van der Waals surface area contributed by atoms with Crippen LogP contribution in [-0.4, -0.2) is 35.8 Å². The highest BCUT2D eigenvalue weighted by molar-refractivity contribution is 9.10. The number of benzene rings is 1. The second-order valence-corrected chi connectivity index (χ2v) is 7.74. The molecule has 0 saturated heterocycles. The van der Waals surface area contributed by atoms with Crippen molar-refractivity contribution < 1.29 is 9.59 Å². The minimum atomic E-state index is -0.0191. The predicted molar refractivity (Wildman–Crippen MR) is 86.7 cm³/mol. The van der Waals surface area contributed by atoms with Crippen molar-refractivity contribution in [2.75, 3.05) is 13.1 Å². The van der Waals surface area contributed by atoms with Gasteiger partial charge in [0.05, 0.1) is 6.54 Å². The Kier molecular flexibility index (Phi) is 3.29. The fourth-order valence-corrected chi connectivity index (χ4v) is 3.90. The average Bonchev–Trinajstić information content (AvgIpc) is 3.21. The molecule has 2 saturated carbocycles. The lowest BCUT2D eigenvalue weighted by molar-refractivity contribution is -0.123. The summed E-state index contributed by atoms with van der Waals surface area (Å²) in [4.78, 5) is 26.6. The van der Waals surface area contributed by atoms with Gasteiger partial charge in [0.1, 0.15) is 0 Å². The summed E-state index contributed by atoms with van der Waals surface area (Å²) in [5.41, 5.74) is 2.01. The molecule has 1 aromatic rings. The van der Waals surface area contributed by atoms with Crippen molar-refractivity contribution in [1.82, 2.24) is 10.2 Å². The van der Waals surface area contributed by atoms with E-state index in [1.54, 1.807) is 4.90 Å². The molecule has 3 aliphatic rings. The number of halogens is 1. The number of amides is 2. The van der Waals surface area contributed by atoms with Crippen molar-refractivity contribution in [2.45, 2.75) is 43.6 Å². The maximum absolute atomic E-state index is 12.7. The van der Waals surface area contributed by atoms with Crippen LogP contribution in [0.5, 0.6) is 0 Å². The quantitative estimate of drug-likeness (QED) is 0.898. The summed E-state index contributed by atoms with van der Waals surface area (Å²) < 4.78 is 1.02. The van der Waals surface area contributed by atoms with Gasteiger partial charge >= 0.3 is 0 Å². The van der Waals surface area contributed by atoms with Crippen LogP contribution in [-0.2, 0) is 10.2 Å². The molecule has 1 spiro atoms. The zero-order valence-electron chi connectivity index (χ0n) is 12.4. The monoisotopic (exact) mass is 362 g/mol. The first kappa shape index (κ1) is 14.2. The Hall–Kier alpha value is -1.36. The molecule has 1 aliphatic heterocycles. The highest BCUT2D eigenvalue weighted by Gasteiger charge is 2.51.